The van der Waals surface area contributed by atoms with Crippen LogP contribution in [0.15, 0.2) is 0 Å². The number of ether oxygens (including phenoxy) is 2. The molecular formula is C9H17BrO2. The molecule has 0 radical (unpaired) electrons. The topological polar surface area (TPSA) is 18.5 Å². The fourth-order valence-corrected chi connectivity index (χ4v) is 1.92. The maximum atomic E-state index is 5.44. The van der Waals surface area contributed by atoms with Crippen molar-refractivity contribution >= 4 is 15.9 Å². The Labute approximate surface area is 82.7 Å². The van der Waals surface area contributed by atoms with Gasteiger partial charge in [-0.1, -0.05) is 15.9 Å². The highest BCUT2D eigenvalue weighted by Crippen LogP contribution is 2.40. The molecule has 0 amide bonds. The molecule has 12 heavy (non-hydrogen) atoms. The average molecular weight is 237 g/mol. The SMILES string of the molecule is CCOC(C)OCCC1CC1Br. The second-order valence-corrected chi connectivity index (χ2v) is 4.37. The van der Waals surface area contributed by atoms with Crippen LogP contribution in [0, 0.1) is 5.92 Å². The average Bonchev–Trinajstić information content (AvgIpc) is 2.67. The standard InChI is InChI=1S/C9H17BrO2/c1-3-11-7(2)12-5-4-8-6-9(8)10/h7-9H,3-6H2,1-2H3. The quantitative estimate of drug-likeness (QED) is 0.522. The summed E-state index contributed by atoms with van der Waals surface area (Å²) in [5, 5.41) is 0. The van der Waals surface area contributed by atoms with Crippen molar-refractivity contribution in [1.29, 1.82) is 0 Å². The summed E-state index contributed by atoms with van der Waals surface area (Å²) in [5.41, 5.74) is 0. The fraction of sp³-hybridized carbons (Fsp3) is 1.00. The van der Waals surface area contributed by atoms with Crippen molar-refractivity contribution in [3.63, 3.8) is 0 Å². The van der Waals surface area contributed by atoms with Gasteiger partial charge in [0.1, 0.15) is 0 Å². The van der Waals surface area contributed by atoms with E-state index in [9.17, 15) is 0 Å². The Balaban J connectivity index is 1.88. The van der Waals surface area contributed by atoms with E-state index in [-0.39, 0.29) is 6.29 Å². The third-order valence-electron chi connectivity index (χ3n) is 2.08. The van der Waals surface area contributed by atoms with Crippen molar-refractivity contribution < 1.29 is 9.47 Å². The molecule has 0 aliphatic heterocycles. The number of hydrogen-bond donors (Lipinski definition) is 0. The van der Waals surface area contributed by atoms with Crippen LogP contribution in [0.25, 0.3) is 0 Å². The van der Waals surface area contributed by atoms with Gasteiger partial charge < -0.3 is 9.47 Å². The molecule has 0 aromatic carbocycles. The Hall–Kier alpha value is 0.400. The number of rotatable bonds is 6. The zero-order chi connectivity index (χ0) is 8.97. The maximum absolute atomic E-state index is 5.44. The van der Waals surface area contributed by atoms with Crippen molar-refractivity contribution in [3.8, 4) is 0 Å². The lowest BCUT2D eigenvalue weighted by atomic mass is 10.3. The molecule has 0 spiro atoms. The van der Waals surface area contributed by atoms with Crippen LogP contribution in [0.4, 0.5) is 0 Å². The zero-order valence-electron chi connectivity index (χ0n) is 7.75. The lowest BCUT2D eigenvalue weighted by Gasteiger charge is -2.11. The number of alkyl halides is 1. The summed E-state index contributed by atoms with van der Waals surface area (Å²) in [6.07, 6.45) is 2.43. The molecule has 72 valence electrons. The van der Waals surface area contributed by atoms with Crippen LogP contribution in [0.2, 0.25) is 0 Å². The predicted molar refractivity (Wildman–Crippen MR) is 52.5 cm³/mol. The molecule has 0 N–H and O–H groups in total. The number of halogens is 1. The largest absolute Gasteiger partial charge is 0.353 e. The lowest BCUT2D eigenvalue weighted by Crippen LogP contribution is -2.13. The Bertz CT molecular complexity index is 130. The van der Waals surface area contributed by atoms with E-state index in [1.54, 1.807) is 0 Å². The van der Waals surface area contributed by atoms with Crippen LogP contribution < -0.4 is 0 Å². The first-order chi connectivity index (χ1) is 5.74. The molecule has 1 fully saturated rings. The van der Waals surface area contributed by atoms with Crippen LogP contribution >= 0.6 is 15.9 Å². The molecule has 1 saturated carbocycles. The van der Waals surface area contributed by atoms with Crippen LogP contribution in [-0.4, -0.2) is 24.3 Å². The molecule has 1 rings (SSSR count). The van der Waals surface area contributed by atoms with Gasteiger partial charge in [0.25, 0.3) is 0 Å². The van der Waals surface area contributed by atoms with Gasteiger partial charge in [0.05, 0.1) is 6.61 Å². The monoisotopic (exact) mass is 236 g/mol. The molecule has 0 saturated heterocycles. The summed E-state index contributed by atoms with van der Waals surface area (Å²) in [4.78, 5) is 0.753. The molecule has 3 atom stereocenters. The van der Waals surface area contributed by atoms with Crippen molar-refractivity contribution in [1.82, 2.24) is 0 Å². The first-order valence-corrected chi connectivity index (χ1v) is 5.53. The molecule has 3 unspecified atom stereocenters. The second-order valence-electron chi connectivity index (χ2n) is 3.19. The Morgan fingerprint density at radius 2 is 2.17 bits per heavy atom. The minimum atomic E-state index is -0.0393. The third-order valence-corrected chi connectivity index (χ3v) is 3.20. The summed E-state index contributed by atoms with van der Waals surface area (Å²) in [6, 6.07) is 0. The minimum absolute atomic E-state index is 0.0393. The van der Waals surface area contributed by atoms with Gasteiger partial charge in [-0.25, -0.2) is 0 Å². The Kier molecular flexibility index (Phi) is 4.54. The second kappa shape index (κ2) is 5.20. The smallest absolute Gasteiger partial charge is 0.154 e. The maximum Gasteiger partial charge on any atom is 0.154 e. The first kappa shape index (κ1) is 10.5. The van der Waals surface area contributed by atoms with Gasteiger partial charge in [0.15, 0.2) is 6.29 Å². The first-order valence-electron chi connectivity index (χ1n) is 4.61. The van der Waals surface area contributed by atoms with Gasteiger partial charge in [0.2, 0.25) is 0 Å². The fourth-order valence-electron chi connectivity index (χ4n) is 1.18. The van der Waals surface area contributed by atoms with Gasteiger partial charge in [-0.2, -0.15) is 0 Å². The van der Waals surface area contributed by atoms with E-state index in [0.29, 0.717) is 0 Å². The molecule has 0 bridgehead atoms. The molecule has 0 aromatic heterocycles. The van der Waals surface area contributed by atoms with Crippen LogP contribution in [0.3, 0.4) is 0 Å². The van der Waals surface area contributed by atoms with Crippen LogP contribution in [0.1, 0.15) is 26.7 Å². The van der Waals surface area contributed by atoms with Gasteiger partial charge >= 0.3 is 0 Å². The van der Waals surface area contributed by atoms with Crippen molar-refractivity contribution in [2.45, 2.75) is 37.8 Å². The molecular weight excluding hydrogens is 220 g/mol. The zero-order valence-corrected chi connectivity index (χ0v) is 9.34. The van der Waals surface area contributed by atoms with Gasteiger partial charge in [-0.15, -0.1) is 0 Å². The van der Waals surface area contributed by atoms with E-state index in [2.05, 4.69) is 15.9 Å². The van der Waals surface area contributed by atoms with Gasteiger partial charge in [-0.05, 0) is 32.6 Å². The molecule has 0 heterocycles. The third kappa shape index (κ3) is 3.87. The summed E-state index contributed by atoms with van der Waals surface area (Å²) >= 11 is 3.56. The van der Waals surface area contributed by atoms with Crippen LogP contribution in [-0.2, 0) is 9.47 Å². The molecule has 1 aliphatic rings. The van der Waals surface area contributed by atoms with Crippen molar-refractivity contribution in [2.24, 2.45) is 5.92 Å². The van der Waals surface area contributed by atoms with E-state index in [1.165, 1.54) is 6.42 Å². The summed E-state index contributed by atoms with van der Waals surface area (Å²) in [7, 11) is 0. The van der Waals surface area contributed by atoms with E-state index in [4.69, 9.17) is 9.47 Å². The Morgan fingerprint density at radius 3 is 2.67 bits per heavy atom. The highest BCUT2D eigenvalue weighted by molar-refractivity contribution is 9.09. The predicted octanol–water partition coefficient (Wildman–Crippen LogP) is 2.56. The van der Waals surface area contributed by atoms with E-state index in [1.807, 2.05) is 13.8 Å². The van der Waals surface area contributed by atoms with Crippen molar-refractivity contribution in [3.05, 3.63) is 0 Å². The molecule has 1 aliphatic carbocycles. The lowest BCUT2D eigenvalue weighted by molar-refractivity contribution is -0.128. The van der Waals surface area contributed by atoms with Gasteiger partial charge in [0, 0.05) is 11.4 Å². The summed E-state index contributed by atoms with van der Waals surface area (Å²) in [5.74, 6) is 0.846. The summed E-state index contributed by atoms with van der Waals surface area (Å²) in [6.45, 7) is 5.48. The van der Waals surface area contributed by atoms with Gasteiger partial charge in [-0.3, -0.25) is 0 Å². The Morgan fingerprint density at radius 1 is 1.50 bits per heavy atom. The van der Waals surface area contributed by atoms with Crippen molar-refractivity contribution in [2.75, 3.05) is 13.2 Å². The van der Waals surface area contributed by atoms with E-state index < -0.39 is 0 Å². The normalized spacial score (nSPS) is 30.2. The molecule has 3 heteroatoms. The minimum Gasteiger partial charge on any atom is -0.353 e. The molecule has 2 nitrogen and oxygen atoms in total. The van der Waals surface area contributed by atoms with Crippen LogP contribution in [0.5, 0.6) is 0 Å². The van der Waals surface area contributed by atoms with E-state index >= 15 is 0 Å². The highest BCUT2D eigenvalue weighted by atomic mass is 79.9. The summed E-state index contributed by atoms with van der Waals surface area (Å²) < 4.78 is 10.7. The highest BCUT2D eigenvalue weighted by Gasteiger charge is 2.33. The number of hydrogen-bond acceptors (Lipinski definition) is 2. The van der Waals surface area contributed by atoms with E-state index in [0.717, 1.165) is 30.4 Å². The molecule has 0 aromatic rings.